The monoisotopic (exact) mass is 382 g/mol. The molecule has 150 valence electrons. The summed E-state index contributed by atoms with van der Waals surface area (Å²) in [5.41, 5.74) is 3.75. The van der Waals surface area contributed by atoms with Gasteiger partial charge in [-0.05, 0) is 41.2 Å². The van der Waals surface area contributed by atoms with Gasteiger partial charge in [0.2, 0.25) is 5.91 Å². The minimum atomic E-state index is -0.635. The van der Waals surface area contributed by atoms with Crippen molar-refractivity contribution in [2.75, 3.05) is 7.11 Å². The molecule has 0 bridgehead atoms. The van der Waals surface area contributed by atoms with Crippen molar-refractivity contribution in [2.45, 2.75) is 52.3 Å². The van der Waals surface area contributed by atoms with Crippen molar-refractivity contribution in [3.05, 3.63) is 70.8 Å². The molecule has 28 heavy (non-hydrogen) atoms. The zero-order valence-corrected chi connectivity index (χ0v) is 17.3. The minimum absolute atomic E-state index is 0.0291. The number of nitrogens with one attached hydrogen (secondary N) is 2. The molecule has 0 spiro atoms. The third-order valence-electron chi connectivity index (χ3n) is 4.63. The van der Waals surface area contributed by atoms with Gasteiger partial charge in [-0.25, -0.2) is 0 Å². The fourth-order valence-corrected chi connectivity index (χ4v) is 2.83. The third kappa shape index (κ3) is 5.92. The van der Waals surface area contributed by atoms with Gasteiger partial charge in [0, 0.05) is 19.2 Å². The van der Waals surface area contributed by atoms with E-state index in [1.165, 1.54) is 0 Å². The van der Waals surface area contributed by atoms with E-state index in [0.29, 0.717) is 18.7 Å². The molecule has 0 aliphatic rings. The van der Waals surface area contributed by atoms with Crippen molar-refractivity contribution in [2.24, 2.45) is 0 Å². The normalized spacial score (nSPS) is 12.3. The summed E-state index contributed by atoms with van der Waals surface area (Å²) in [5, 5.41) is 5.63. The number of rotatable bonds is 7. The van der Waals surface area contributed by atoms with Crippen LogP contribution in [-0.4, -0.2) is 25.0 Å². The average Bonchev–Trinajstić information content (AvgIpc) is 2.66. The second-order valence-electron chi connectivity index (χ2n) is 7.94. The van der Waals surface area contributed by atoms with Crippen molar-refractivity contribution < 1.29 is 14.3 Å². The first-order valence-electron chi connectivity index (χ1n) is 9.47. The quantitative estimate of drug-likeness (QED) is 0.769. The fourth-order valence-electron chi connectivity index (χ4n) is 2.83. The highest BCUT2D eigenvalue weighted by atomic mass is 16.5. The summed E-state index contributed by atoms with van der Waals surface area (Å²) in [6.45, 7) is 8.93. The predicted octanol–water partition coefficient (Wildman–Crippen LogP) is 3.57. The highest BCUT2D eigenvalue weighted by molar-refractivity contribution is 5.97. The number of ether oxygens (including phenoxy) is 1. The van der Waals surface area contributed by atoms with Gasteiger partial charge in [-0.3, -0.25) is 9.59 Å². The van der Waals surface area contributed by atoms with E-state index in [1.54, 1.807) is 26.2 Å². The Labute approximate surface area is 167 Å². The molecule has 2 aromatic carbocycles. The molecule has 0 heterocycles. The van der Waals surface area contributed by atoms with E-state index in [9.17, 15) is 9.59 Å². The lowest BCUT2D eigenvalue weighted by Gasteiger charge is -2.19. The first kappa shape index (κ1) is 21.6. The van der Waals surface area contributed by atoms with Crippen molar-refractivity contribution in [1.29, 1.82) is 0 Å². The molecule has 0 aliphatic heterocycles. The summed E-state index contributed by atoms with van der Waals surface area (Å²) in [7, 11) is 1.64. The molecule has 5 heteroatoms. The Bertz CT molecular complexity index is 807. The Kier molecular flexibility index (Phi) is 7.35. The van der Waals surface area contributed by atoms with E-state index < -0.39 is 6.04 Å². The van der Waals surface area contributed by atoms with E-state index in [-0.39, 0.29) is 17.2 Å². The molecular formula is C23H30N2O3. The van der Waals surface area contributed by atoms with Crippen LogP contribution in [0.1, 0.15) is 54.7 Å². The van der Waals surface area contributed by atoms with Crippen molar-refractivity contribution in [3.8, 4) is 0 Å². The Morgan fingerprint density at radius 3 is 2.18 bits per heavy atom. The van der Waals surface area contributed by atoms with Gasteiger partial charge in [-0.15, -0.1) is 0 Å². The lowest BCUT2D eigenvalue weighted by atomic mass is 9.86. The summed E-state index contributed by atoms with van der Waals surface area (Å²) < 4.78 is 5.18. The molecule has 0 saturated carbocycles. The summed E-state index contributed by atoms with van der Waals surface area (Å²) in [5.74, 6) is -0.491. The molecule has 0 radical (unpaired) electrons. The molecule has 0 fully saturated rings. The molecular weight excluding hydrogens is 352 g/mol. The van der Waals surface area contributed by atoms with Crippen LogP contribution in [0.15, 0.2) is 48.5 Å². The molecule has 2 N–H and O–H groups in total. The van der Waals surface area contributed by atoms with Crippen LogP contribution in [0.2, 0.25) is 0 Å². The lowest BCUT2D eigenvalue weighted by Crippen LogP contribution is -2.44. The fraction of sp³-hybridized carbons (Fsp3) is 0.391. The van der Waals surface area contributed by atoms with Crippen LogP contribution < -0.4 is 10.6 Å². The zero-order valence-electron chi connectivity index (χ0n) is 17.3. The van der Waals surface area contributed by atoms with Gasteiger partial charge in [0.15, 0.2) is 0 Å². The Hall–Kier alpha value is -2.66. The maximum atomic E-state index is 12.4. The second-order valence-corrected chi connectivity index (χ2v) is 7.94. The predicted molar refractivity (Wildman–Crippen MR) is 111 cm³/mol. The lowest BCUT2D eigenvalue weighted by molar-refractivity contribution is -0.122. The van der Waals surface area contributed by atoms with Crippen molar-refractivity contribution >= 4 is 11.8 Å². The summed E-state index contributed by atoms with van der Waals surface area (Å²) >= 11 is 0. The van der Waals surface area contributed by atoms with Crippen LogP contribution in [0.5, 0.6) is 0 Å². The van der Waals surface area contributed by atoms with Crippen LogP contribution in [0, 0.1) is 0 Å². The maximum Gasteiger partial charge on any atom is 0.251 e. The van der Waals surface area contributed by atoms with Crippen LogP contribution >= 0.6 is 0 Å². The topological polar surface area (TPSA) is 67.4 Å². The number of hydrogen-bond acceptors (Lipinski definition) is 3. The van der Waals surface area contributed by atoms with Gasteiger partial charge in [-0.1, -0.05) is 57.2 Å². The van der Waals surface area contributed by atoms with Crippen molar-refractivity contribution in [1.82, 2.24) is 10.6 Å². The van der Waals surface area contributed by atoms with Gasteiger partial charge >= 0.3 is 0 Å². The molecule has 0 saturated heterocycles. The summed E-state index contributed by atoms with van der Waals surface area (Å²) in [6, 6.07) is 14.6. The first-order valence-corrected chi connectivity index (χ1v) is 9.47. The molecule has 1 unspecified atom stereocenters. The number of hydrogen-bond donors (Lipinski definition) is 2. The Morgan fingerprint density at radius 2 is 1.61 bits per heavy atom. The van der Waals surface area contributed by atoms with E-state index in [2.05, 4.69) is 31.4 Å². The molecule has 2 rings (SSSR count). The number of benzene rings is 2. The van der Waals surface area contributed by atoms with Crippen LogP contribution in [-0.2, 0) is 28.1 Å². The number of carbonyl (C=O) groups is 2. The standard InChI is InChI=1S/C23H30N2O3/c1-16(21(26)24-14-18-8-6-7-9-19(18)15-28-5)25-22(27)17-10-12-20(13-11-17)23(2,3)4/h6-13,16H,14-15H2,1-5H3,(H,24,26)(H,25,27). The number of methoxy groups -OCH3 is 1. The van der Waals surface area contributed by atoms with Gasteiger partial charge in [0.25, 0.3) is 5.91 Å². The molecule has 0 aromatic heterocycles. The van der Waals surface area contributed by atoms with Gasteiger partial charge in [-0.2, -0.15) is 0 Å². The molecule has 2 amide bonds. The highest BCUT2D eigenvalue weighted by Crippen LogP contribution is 2.22. The summed E-state index contributed by atoms with van der Waals surface area (Å²) in [4.78, 5) is 24.8. The number of carbonyl (C=O) groups excluding carboxylic acids is 2. The molecule has 2 aromatic rings. The molecule has 5 nitrogen and oxygen atoms in total. The Morgan fingerprint density at radius 1 is 1.00 bits per heavy atom. The van der Waals surface area contributed by atoms with E-state index >= 15 is 0 Å². The van der Waals surface area contributed by atoms with Crippen LogP contribution in [0.3, 0.4) is 0 Å². The van der Waals surface area contributed by atoms with E-state index in [1.807, 2.05) is 36.4 Å². The highest BCUT2D eigenvalue weighted by Gasteiger charge is 2.18. The smallest absolute Gasteiger partial charge is 0.251 e. The van der Waals surface area contributed by atoms with Gasteiger partial charge < -0.3 is 15.4 Å². The van der Waals surface area contributed by atoms with Crippen molar-refractivity contribution in [3.63, 3.8) is 0 Å². The number of amides is 2. The maximum absolute atomic E-state index is 12.4. The Balaban J connectivity index is 1.92. The first-order chi connectivity index (χ1) is 13.2. The van der Waals surface area contributed by atoms with Crippen LogP contribution in [0.4, 0.5) is 0 Å². The second kappa shape index (κ2) is 9.51. The van der Waals surface area contributed by atoms with Crippen LogP contribution in [0.25, 0.3) is 0 Å². The van der Waals surface area contributed by atoms with Gasteiger partial charge in [0.05, 0.1) is 6.61 Å². The van der Waals surface area contributed by atoms with Gasteiger partial charge in [0.1, 0.15) is 6.04 Å². The largest absolute Gasteiger partial charge is 0.380 e. The zero-order chi connectivity index (χ0) is 20.7. The molecule has 0 aliphatic carbocycles. The average molecular weight is 383 g/mol. The van der Waals surface area contributed by atoms with E-state index in [0.717, 1.165) is 16.7 Å². The summed E-state index contributed by atoms with van der Waals surface area (Å²) in [6.07, 6.45) is 0. The van der Waals surface area contributed by atoms with E-state index in [4.69, 9.17) is 4.74 Å². The molecule has 1 atom stereocenters. The minimum Gasteiger partial charge on any atom is -0.380 e. The third-order valence-corrected chi connectivity index (χ3v) is 4.63. The SMILES string of the molecule is COCc1ccccc1CNC(=O)C(C)NC(=O)c1ccc(C(C)(C)C)cc1.